The van der Waals surface area contributed by atoms with E-state index in [1.807, 2.05) is 26.8 Å². The summed E-state index contributed by atoms with van der Waals surface area (Å²) in [5.74, 6) is -0.220. The van der Waals surface area contributed by atoms with Gasteiger partial charge in [0.15, 0.2) is 12.4 Å². The number of carbonyl (C=O) groups is 1. The number of hydrogen-bond donors (Lipinski definition) is 1. The van der Waals surface area contributed by atoms with Gasteiger partial charge in [0.05, 0.1) is 28.6 Å². The van der Waals surface area contributed by atoms with Crippen LogP contribution in [0.1, 0.15) is 39.1 Å². The number of halogens is 1. The smallest absolute Gasteiger partial charge is 0.315 e. The maximum absolute atomic E-state index is 13.4. The van der Waals surface area contributed by atoms with E-state index in [0.717, 1.165) is 0 Å². The van der Waals surface area contributed by atoms with E-state index in [0.29, 0.717) is 26.9 Å². The Kier molecular flexibility index (Phi) is 8.82. The first-order chi connectivity index (χ1) is 19.5. The van der Waals surface area contributed by atoms with Gasteiger partial charge in [0.1, 0.15) is 5.82 Å². The summed E-state index contributed by atoms with van der Waals surface area (Å²) in [6, 6.07) is 16.7. The summed E-state index contributed by atoms with van der Waals surface area (Å²) in [4.78, 5) is 41.9. The minimum atomic E-state index is -0.633. The summed E-state index contributed by atoms with van der Waals surface area (Å²) in [7, 11) is 0. The molecule has 1 amide bonds. The molecule has 3 aromatic carbocycles. The van der Waals surface area contributed by atoms with Crippen LogP contribution < -0.4 is 20.3 Å². The highest BCUT2D eigenvalue weighted by molar-refractivity contribution is 9.10. The number of rotatable bonds is 9. The first kappa shape index (κ1) is 29.4. The SMILES string of the molecule is CCOc1cc(C=Nn2c(C(C)(C)C)nc3ccc(Br)cc3c2=O)cc([N+](=O)[O-])c1OCC(=O)Nc1ccccc1. The van der Waals surface area contributed by atoms with Crippen LogP contribution in [-0.4, -0.2) is 39.9 Å². The Morgan fingerprint density at radius 3 is 2.54 bits per heavy atom. The van der Waals surface area contributed by atoms with Crippen LogP contribution in [0.25, 0.3) is 10.9 Å². The molecule has 11 nitrogen and oxygen atoms in total. The van der Waals surface area contributed by atoms with E-state index in [9.17, 15) is 19.7 Å². The van der Waals surface area contributed by atoms with Crippen molar-refractivity contribution in [1.82, 2.24) is 9.66 Å². The molecule has 12 heteroatoms. The lowest BCUT2D eigenvalue weighted by atomic mass is 9.95. The molecule has 0 aliphatic carbocycles. The number of fused-ring (bicyclic) bond motifs is 1. The zero-order valence-electron chi connectivity index (χ0n) is 22.9. The Morgan fingerprint density at radius 1 is 1.15 bits per heavy atom. The van der Waals surface area contributed by atoms with E-state index < -0.39 is 28.5 Å². The van der Waals surface area contributed by atoms with Crippen molar-refractivity contribution in [3.63, 3.8) is 0 Å². The van der Waals surface area contributed by atoms with Gasteiger partial charge in [-0.05, 0) is 43.3 Å². The number of benzene rings is 3. The lowest BCUT2D eigenvalue weighted by Gasteiger charge is -2.21. The van der Waals surface area contributed by atoms with E-state index >= 15 is 0 Å². The van der Waals surface area contributed by atoms with Crippen molar-refractivity contribution in [3.05, 3.63) is 97.0 Å². The van der Waals surface area contributed by atoms with Crippen LogP contribution in [0.2, 0.25) is 0 Å². The van der Waals surface area contributed by atoms with Gasteiger partial charge < -0.3 is 14.8 Å². The van der Waals surface area contributed by atoms with Crippen molar-refractivity contribution in [2.24, 2.45) is 5.10 Å². The quantitative estimate of drug-likeness (QED) is 0.144. The zero-order valence-corrected chi connectivity index (χ0v) is 24.5. The minimum absolute atomic E-state index is 0.0552. The molecule has 0 saturated heterocycles. The molecule has 1 aromatic heterocycles. The normalized spacial score (nSPS) is 11.5. The number of nitrogens with one attached hydrogen (secondary N) is 1. The summed E-state index contributed by atoms with van der Waals surface area (Å²) < 4.78 is 13.1. The molecule has 212 valence electrons. The molecule has 4 aromatic rings. The number of carbonyl (C=O) groups excluding carboxylic acids is 1. The standard InChI is InChI=1S/C29H28BrN5O6/c1-5-40-24-14-18(13-23(35(38)39)26(24)41-17-25(36)32-20-9-7-6-8-10-20)16-31-34-27(37)21-15-19(30)11-12-22(21)33-28(34)29(2,3)4/h6-16H,5,17H2,1-4H3,(H,32,36). The van der Waals surface area contributed by atoms with Crippen LogP contribution in [0, 0.1) is 10.1 Å². The Balaban J connectivity index is 1.72. The number of hydrogen-bond acceptors (Lipinski definition) is 8. The summed E-state index contributed by atoms with van der Waals surface area (Å²) in [5, 5.41) is 19.4. The van der Waals surface area contributed by atoms with Gasteiger partial charge >= 0.3 is 5.69 Å². The molecule has 0 saturated carbocycles. The fourth-order valence-electron chi connectivity index (χ4n) is 3.95. The average Bonchev–Trinajstić information content (AvgIpc) is 2.92. The van der Waals surface area contributed by atoms with Crippen molar-refractivity contribution in [2.45, 2.75) is 33.1 Å². The predicted molar refractivity (Wildman–Crippen MR) is 160 cm³/mol. The van der Waals surface area contributed by atoms with Gasteiger partial charge in [-0.1, -0.05) is 54.9 Å². The maximum atomic E-state index is 13.4. The Morgan fingerprint density at radius 2 is 1.88 bits per heavy atom. The molecule has 0 aliphatic heterocycles. The molecular formula is C29H28BrN5O6. The number of ether oxygens (including phenoxy) is 2. The molecule has 0 atom stereocenters. The predicted octanol–water partition coefficient (Wildman–Crippen LogP) is 5.66. The van der Waals surface area contributed by atoms with Gasteiger partial charge in [0, 0.05) is 27.2 Å². The second-order valence-corrected chi connectivity index (χ2v) is 10.9. The molecule has 0 fully saturated rings. The molecular weight excluding hydrogens is 594 g/mol. The van der Waals surface area contributed by atoms with E-state index in [-0.39, 0.29) is 29.2 Å². The highest BCUT2D eigenvalue weighted by Crippen LogP contribution is 2.38. The van der Waals surface area contributed by atoms with Crippen molar-refractivity contribution in [2.75, 3.05) is 18.5 Å². The van der Waals surface area contributed by atoms with Gasteiger partial charge in [0.2, 0.25) is 5.75 Å². The maximum Gasteiger partial charge on any atom is 0.315 e. The first-order valence-corrected chi connectivity index (χ1v) is 13.5. The fraction of sp³-hybridized carbons (Fsp3) is 0.241. The number of para-hydroxylation sites is 1. The summed E-state index contributed by atoms with van der Waals surface area (Å²) in [6.45, 7) is 7.14. The van der Waals surface area contributed by atoms with E-state index in [2.05, 4.69) is 31.3 Å². The van der Waals surface area contributed by atoms with Crippen molar-refractivity contribution in [1.29, 1.82) is 0 Å². The van der Waals surface area contributed by atoms with Crippen LogP contribution in [-0.2, 0) is 10.2 Å². The Labute approximate surface area is 244 Å². The highest BCUT2D eigenvalue weighted by Gasteiger charge is 2.25. The van der Waals surface area contributed by atoms with Gasteiger partial charge in [-0.3, -0.25) is 19.7 Å². The Bertz CT molecular complexity index is 1700. The van der Waals surface area contributed by atoms with Crippen molar-refractivity contribution in [3.8, 4) is 11.5 Å². The molecule has 41 heavy (non-hydrogen) atoms. The molecule has 0 spiro atoms. The number of amides is 1. The third kappa shape index (κ3) is 6.95. The third-order valence-electron chi connectivity index (χ3n) is 5.76. The van der Waals surface area contributed by atoms with E-state index in [1.165, 1.54) is 23.0 Å². The number of anilines is 1. The molecule has 1 heterocycles. The van der Waals surface area contributed by atoms with Gasteiger partial charge in [-0.2, -0.15) is 9.78 Å². The molecule has 0 bridgehead atoms. The van der Waals surface area contributed by atoms with Crippen LogP contribution >= 0.6 is 15.9 Å². The minimum Gasteiger partial charge on any atom is -0.490 e. The van der Waals surface area contributed by atoms with Crippen LogP contribution in [0.3, 0.4) is 0 Å². The highest BCUT2D eigenvalue weighted by atomic mass is 79.9. The largest absolute Gasteiger partial charge is 0.490 e. The summed E-state index contributed by atoms with van der Waals surface area (Å²) in [5.41, 5.74) is 0.0185. The monoisotopic (exact) mass is 621 g/mol. The van der Waals surface area contributed by atoms with Crippen LogP contribution in [0.15, 0.2) is 75.0 Å². The van der Waals surface area contributed by atoms with Crippen molar-refractivity contribution >= 4 is 50.3 Å². The number of nitro benzene ring substituents is 1. The second kappa shape index (κ2) is 12.3. The number of nitrogens with zero attached hydrogens (tertiary/aromatic N) is 4. The van der Waals surface area contributed by atoms with E-state index in [1.54, 1.807) is 49.4 Å². The topological polar surface area (TPSA) is 138 Å². The average molecular weight is 622 g/mol. The summed E-state index contributed by atoms with van der Waals surface area (Å²) >= 11 is 3.38. The second-order valence-electron chi connectivity index (χ2n) is 9.97. The van der Waals surface area contributed by atoms with Crippen LogP contribution in [0.4, 0.5) is 11.4 Å². The fourth-order valence-corrected chi connectivity index (χ4v) is 4.31. The number of nitro groups is 1. The first-order valence-electron chi connectivity index (χ1n) is 12.7. The zero-order chi connectivity index (χ0) is 29.7. The Hall–Kier alpha value is -4.58. The number of aromatic nitrogens is 2. The molecule has 1 N–H and O–H groups in total. The lowest BCUT2D eigenvalue weighted by Crippen LogP contribution is -2.29. The third-order valence-corrected chi connectivity index (χ3v) is 6.25. The van der Waals surface area contributed by atoms with E-state index in [4.69, 9.17) is 9.47 Å². The van der Waals surface area contributed by atoms with Gasteiger partial charge in [-0.15, -0.1) is 0 Å². The van der Waals surface area contributed by atoms with Crippen LogP contribution in [0.5, 0.6) is 11.5 Å². The summed E-state index contributed by atoms with van der Waals surface area (Å²) in [6.07, 6.45) is 1.32. The molecule has 0 radical (unpaired) electrons. The van der Waals surface area contributed by atoms with Gasteiger partial charge in [-0.25, -0.2) is 4.98 Å². The molecule has 4 rings (SSSR count). The van der Waals surface area contributed by atoms with Crippen molar-refractivity contribution < 1.29 is 19.2 Å². The lowest BCUT2D eigenvalue weighted by molar-refractivity contribution is -0.385. The van der Waals surface area contributed by atoms with Gasteiger partial charge in [0.25, 0.3) is 11.5 Å². The molecule has 0 aliphatic rings. The molecule has 0 unspecified atom stereocenters.